The Balaban J connectivity index is 5.00. The SMILES string of the molecule is CCCCCCCC[P+](CCCCCCCC)(CCCCCCCC)C[Si](C)(C)OCC. The van der Waals surface area contributed by atoms with Crippen molar-refractivity contribution in [1.29, 1.82) is 0 Å². The summed E-state index contributed by atoms with van der Waals surface area (Å²) in [4.78, 5) is 0. The van der Waals surface area contributed by atoms with Crippen LogP contribution in [0.4, 0.5) is 0 Å². The van der Waals surface area contributed by atoms with Gasteiger partial charge in [-0.1, -0.05) is 97.8 Å². The van der Waals surface area contributed by atoms with Gasteiger partial charge in [-0.2, -0.15) is 0 Å². The monoisotopic (exact) mass is 487 g/mol. The molecule has 0 spiro atoms. The van der Waals surface area contributed by atoms with Gasteiger partial charge in [0, 0.05) is 13.9 Å². The van der Waals surface area contributed by atoms with Gasteiger partial charge in [0.05, 0.1) is 24.3 Å². The van der Waals surface area contributed by atoms with Crippen molar-refractivity contribution in [3.05, 3.63) is 0 Å². The van der Waals surface area contributed by atoms with E-state index >= 15 is 0 Å². The summed E-state index contributed by atoms with van der Waals surface area (Å²) in [5.74, 6) is 1.51. The highest BCUT2D eigenvalue weighted by Gasteiger charge is 2.43. The van der Waals surface area contributed by atoms with Crippen molar-refractivity contribution in [3.8, 4) is 0 Å². The van der Waals surface area contributed by atoms with Crippen LogP contribution in [0.2, 0.25) is 13.1 Å². The molecule has 0 aliphatic carbocycles. The zero-order valence-electron chi connectivity index (χ0n) is 23.6. The summed E-state index contributed by atoms with van der Waals surface area (Å²) < 4.78 is 6.43. The van der Waals surface area contributed by atoms with Crippen LogP contribution in [0.5, 0.6) is 0 Å². The number of rotatable bonds is 25. The number of hydrogen-bond acceptors (Lipinski definition) is 1. The molecule has 0 N–H and O–H groups in total. The summed E-state index contributed by atoms with van der Waals surface area (Å²) >= 11 is 0. The summed E-state index contributed by atoms with van der Waals surface area (Å²) in [5.41, 5.74) is 0. The second-order valence-corrected chi connectivity index (χ2v) is 20.3. The summed E-state index contributed by atoms with van der Waals surface area (Å²) in [6.45, 7) is 15.2. The zero-order valence-corrected chi connectivity index (χ0v) is 25.5. The van der Waals surface area contributed by atoms with Crippen LogP contribution in [0.15, 0.2) is 0 Å². The molecule has 0 bridgehead atoms. The Morgan fingerprint density at radius 1 is 0.469 bits per heavy atom. The molecule has 0 fully saturated rings. The molecule has 0 amide bonds. The van der Waals surface area contributed by atoms with Crippen LogP contribution in [0.25, 0.3) is 0 Å². The minimum atomic E-state index is -1.53. The van der Waals surface area contributed by atoms with Crippen molar-refractivity contribution in [2.75, 3.05) is 30.9 Å². The van der Waals surface area contributed by atoms with Gasteiger partial charge in [0.25, 0.3) is 0 Å². The van der Waals surface area contributed by atoms with Crippen LogP contribution in [0.3, 0.4) is 0 Å². The Labute approximate surface area is 207 Å². The van der Waals surface area contributed by atoms with Gasteiger partial charge in [0.1, 0.15) is 0 Å². The molecule has 3 heteroatoms. The van der Waals surface area contributed by atoms with Crippen molar-refractivity contribution >= 4 is 15.6 Å². The molecule has 0 aliphatic heterocycles. The molecule has 0 aromatic rings. The fraction of sp³-hybridized carbons (Fsp3) is 1.00. The lowest BCUT2D eigenvalue weighted by molar-refractivity contribution is 0.333. The molecule has 1 nitrogen and oxygen atoms in total. The van der Waals surface area contributed by atoms with E-state index in [4.69, 9.17) is 4.43 Å². The molecule has 0 aromatic heterocycles. The van der Waals surface area contributed by atoms with Gasteiger partial charge in [-0.05, 0) is 58.5 Å². The summed E-state index contributed by atoms with van der Waals surface area (Å²) in [5, 5.41) is 0. The molecule has 0 unspecified atom stereocenters. The summed E-state index contributed by atoms with van der Waals surface area (Å²) in [7, 11) is -2.41. The van der Waals surface area contributed by atoms with Gasteiger partial charge in [0.15, 0.2) is 0 Å². The number of unbranched alkanes of at least 4 members (excludes halogenated alkanes) is 15. The summed E-state index contributed by atoms with van der Waals surface area (Å²) in [6, 6.07) is 0. The van der Waals surface area contributed by atoms with Gasteiger partial charge in [-0.25, -0.2) is 0 Å². The van der Waals surface area contributed by atoms with E-state index < -0.39 is 15.6 Å². The Kier molecular flexibility index (Phi) is 22.5. The predicted molar refractivity (Wildman–Crippen MR) is 156 cm³/mol. The van der Waals surface area contributed by atoms with Crippen LogP contribution in [0.1, 0.15) is 143 Å². The Morgan fingerprint density at radius 2 is 0.781 bits per heavy atom. The molecule has 194 valence electrons. The van der Waals surface area contributed by atoms with Crippen molar-refractivity contribution < 1.29 is 4.43 Å². The third kappa shape index (κ3) is 19.0. The maximum atomic E-state index is 6.43. The first-order valence-electron chi connectivity index (χ1n) is 14.9. The maximum Gasteiger partial charge on any atom is 0.224 e. The van der Waals surface area contributed by atoms with E-state index in [0.29, 0.717) is 0 Å². The maximum absolute atomic E-state index is 6.43. The zero-order chi connectivity index (χ0) is 24.0. The lowest BCUT2D eigenvalue weighted by Crippen LogP contribution is -2.38. The molecule has 0 atom stereocenters. The minimum absolute atomic E-state index is 0.877. The van der Waals surface area contributed by atoms with Crippen LogP contribution in [-0.4, -0.2) is 39.2 Å². The van der Waals surface area contributed by atoms with Crippen LogP contribution >= 0.6 is 7.26 Å². The van der Waals surface area contributed by atoms with Crippen molar-refractivity contribution in [2.45, 2.75) is 156 Å². The third-order valence-corrected chi connectivity index (χ3v) is 17.8. The molecular weight excluding hydrogens is 423 g/mol. The van der Waals surface area contributed by atoms with Crippen molar-refractivity contribution in [3.63, 3.8) is 0 Å². The molecule has 0 aliphatic rings. The second-order valence-electron chi connectivity index (χ2n) is 11.2. The quantitative estimate of drug-likeness (QED) is 0.0706. The van der Waals surface area contributed by atoms with Gasteiger partial charge < -0.3 is 4.43 Å². The molecular formula is C29H64OPSi+. The molecule has 0 rings (SSSR count). The standard InChI is InChI=1S/C29H64OPSi/c1-7-11-14-17-20-23-26-31(29-32(5,6)30-10-4,27-24-21-18-15-12-8-2)28-25-22-19-16-13-9-3/h7-29H2,1-6H3/q+1. The lowest BCUT2D eigenvalue weighted by Gasteiger charge is -2.34. The van der Waals surface area contributed by atoms with Crippen LogP contribution in [0, 0.1) is 0 Å². The van der Waals surface area contributed by atoms with E-state index in [1.807, 2.05) is 0 Å². The van der Waals surface area contributed by atoms with E-state index in [2.05, 4.69) is 40.8 Å². The van der Waals surface area contributed by atoms with Gasteiger partial charge in [-0.15, -0.1) is 0 Å². The third-order valence-electron chi connectivity index (χ3n) is 7.21. The largest absolute Gasteiger partial charge is 0.414 e. The normalized spacial score (nSPS) is 12.6. The molecule has 32 heavy (non-hydrogen) atoms. The predicted octanol–water partition coefficient (Wildman–Crippen LogP) is 10.9. The molecule has 0 aromatic carbocycles. The first-order chi connectivity index (χ1) is 15.4. The van der Waals surface area contributed by atoms with Gasteiger partial charge >= 0.3 is 0 Å². The Morgan fingerprint density at radius 3 is 1.09 bits per heavy atom. The molecule has 0 saturated heterocycles. The van der Waals surface area contributed by atoms with Crippen molar-refractivity contribution in [1.82, 2.24) is 0 Å². The van der Waals surface area contributed by atoms with Crippen LogP contribution < -0.4 is 0 Å². The van der Waals surface area contributed by atoms with E-state index in [9.17, 15) is 0 Å². The fourth-order valence-electron chi connectivity index (χ4n) is 5.50. The molecule has 0 radical (unpaired) electrons. The summed E-state index contributed by atoms with van der Waals surface area (Å²) in [6.07, 6.45) is 30.8. The Bertz CT molecular complexity index is 345. The van der Waals surface area contributed by atoms with Crippen LogP contribution in [-0.2, 0) is 4.43 Å². The first kappa shape index (κ1) is 32.6. The highest BCUT2D eigenvalue weighted by Crippen LogP contribution is 2.62. The highest BCUT2D eigenvalue weighted by atomic mass is 31.2. The molecule has 0 saturated carbocycles. The van der Waals surface area contributed by atoms with Crippen molar-refractivity contribution in [2.24, 2.45) is 0 Å². The first-order valence-corrected chi connectivity index (χ1v) is 20.6. The average molecular weight is 488 g/mol. The average Bonchev–Trinajstić information content (AvgIpc) is 2.75. The lowest BCUT2D eigenvalue weighted by atomic mass is 10.1. The van der Waals surface area contributed by atoms with E-state index in [0.717, 1.165) is 6.61 Å². The van der Waals surface area contributed by atoms with E-state index in [1.54, 1.807) is 18.5 Å². The van der Waals surface area contributed by atoms with E-state index in [1.165, 1.54) is 121 Å². The fourth-order valence-corrected chi connectivity index (χ4v) is 18.4. The highest BCUT2D eigenvalue weighted by molar-refractivity contribution is 7.77. The van der Waals surface area contributed by atoms with E-state index in [-0.39, 0.29) is 0 Å². The smallest absolute Gasteiger partial charge is 0.224 e. The number of hydrogen-bond donors (Lipinski definition) is 0. The molecule has 0 heterocycles. The second kappa shape index (κ2) is 22.1. The van der Waals surface area contributed by atoms with Gasteiger partial charge in [0.2, 0.25) is 8.32 Å². The minimum Gasteiger partial charge on any atom is -0.414 e. The Hall–Kier alpha value is 0.607. The topological polar surface area (TPSA) is 9.23 Å². The van der Waals surface area contributed by atoms with Gasteiger partial charge in [-0.3, -0.25) is 0 Å².